The lowest BCUT2D eigenvalue weighted by Crippen LogP contribution is -2.34. The molecule has 0 bridgehead atoms. The van der Waals surface area contributed by atoms with Crippen molar-refractivity contribution in [3.63, 3.8) is 0 Å². The molecule has 0 aromatic carbocycles. The van der Waals surface area contributed by atoms with E-state index in [0.717, 1.165) is 43.8 Å². The number of amides is 1. The van der Waals surface area contributed by atoms with Crippen LogP contribution in [-0.4, -0.2) is 28.9 Å². The quantitative estimate of drug-likeness (QED) is 0.926. The number of nitrogens with zero attached hydrogens (tertiary/aromatic N) is 2. The summed E-state index contributed by atoms with van der Waals surface area (Å²) in [7, 11) is 0. The lowest BCUT2D eigenvalue weighted by molar-refractivity contribution is 0.0737. The van der Waals surface area contributed by atoms with Gasteiger partial charge in [0, 0.05) is 18.5 Å². The van der Waals surface area contributed by atoms with Crippen molar-refractivity contribution in [3.05, 3.63) is 16.1 Å². The highest BCUT2D eigenvalue weighted by Gasteiger charge is 2.20. The first-order valence-corrected chi connectivity index (χ1v) is 8.60. The minimum atomic E-state index is -0.0288. The second kappa shape index (κ2) is 7.74. The number of hydrogen-bond donors (Lipinski definition) is 1. The van der Waals surface area contributed by atoms with Crippen molar-refractivity contribution >= 4 is 17.2 Å². The first-order chi connectivity index (χ1) is 9.72. The fourth-order valence-corrected chi connectivity index (χ4v) is 3.43. The number of carbonyl (C=O) groups is 1. The van der Waals surface area contributed by atoms with Crippen LogP contribution in [0.2, 0.25) is 0 Å². The average Bonchev–Trinajstić information content (AvgIpc) is 2.87. The van der Waals surface area contributed by atoms with Crippen LogP contribution in [-0.2, 0) is 0 Å². The third kappa shape index (κ3) is 4.03. The number of nitrogens with two attached hydrogens (primary N) is 1. The molecule has 1 amide bonds. The number of likely N-dealkylation sites (tertiary alicyclic amines) is 1. The van der Waals surface area contributed by atoms with E-state index < -0.39 is 0 Å². The molecule has 0 aliphatic carbocycles. The van der Waals surface area contributed by atoms with Gasteiger partial charge in [-0.15, -0.1) is 11.3 Å². The van der Waals surface area contributed by atoms with Gasteiger partial charge in [-0.3, -0.25) is 4.79 Å². The Bertz CT molecular complexity index is 425. The van der Waals surface area contributed by atoms with Gasteiger partial charge in [-0.1, -0.05) is 32.6 Å². The van der Waals surface area contributed by atoms with E-state index >= 15 is 0 Å². The van der Waals surface area contributed by atoms with Crippen LogP contribution in [0.25, 0.3) is 0 Å². The Morgan fingerprint density at radius 2 is 2.00 bits per heavy atom. The van der Waals surface area contributed by atoms with Crippen LogP contribution >= 0.6 is 11.3 Å². The summed E-state index contributed by atoms with van der Waals surface area (Å²) in [5.41, 5.74) is 6.65. The van der Waals surface area contributed by atoms with E-state index in [4.69, 9.17) is 5.73 Å². The number of thiazole rings is 1. The van der Waals surface area contributed by atoms with Crippen molar-refractivity contribution in [2.75, 3.05) is 13.1 Å². The van der Waals surface area contributed by atoms with Gasteiger partial charge in [0.25, 0.3) is 5.91 Å². The van der Waals surface area contributed by atoms with Crippen LogP contribution in [0.4, 0.5) is 0 Å². The summed E-state index contributed by atoms with van der Waals surface area (Å²) >= 11 is 1.52. The first-order valence-electron chi connectivity index (χ1n) is 7.72. The molecule has 4 nitrogen and oxygen atoms in total. The molecular formula is C15H25N3OS. The van der Waals surface area contributed by atoms with Gasteiger partial charge >= 0.3 is 0 Å². The lowest BCUT2D eigenvalue weighted by Gasteiger charge is -2.23. The molecule has 1 aliphatic heterocycles. The van der Waals surface area contributed by atoms with E-state index in [1.807, 2.05) is 10.3 Å². The van der Waals surface area contributed by atoms with Crippen LogP contribution in [0.3, 0.4) is 0 Å². The highest BCUT2D eigenvalue weighted by atomic mass is 32.1. The van der Waals surface area contributed by atoms with Crippen molar-refractivity contribution in [2.24, 2.45) is 5.73 Å². The maximum atomic E-state index is 12.5. The molecule has 0 spiro atoms. The van der Waals surface area contributed by atoms with Gasteiger partial charge in [0.15, 0.2) is 0 Å². The Morgan fingerprint density at radius 1 is 1.35 bits per heavy atom. The van der Waals surface area contributed by atoms with E-state index in [9.17, 15) is 4.79 Å². The monoisotopic (exact) mass is 295 g/mol. The van der Waals surface area contributed by atoms with Crippen LogP contribution in [0, 0.1) is 0 Å². The maximum Gasteiger partial charge on any atom is 0.273 e. The molecule has 2 heterocycles. The summed E-state index contributed by atoms with van der Waals surface area (Å²) in [6.45, 7) is 3.85. The molecule has 2 rings (SSSR count). The van der Waals surface area contributed by atoms with Crippen LogP contribution in [0.15, 0.2) is 5.38 Å². The molecule has 0 radical (unpaired) electrons. The topological polar surface area (TPSA) is 59.2 Å². The van der Waals surface area contributed by atoms with E-state index in [2.05, 4.69) is 11.9 Å². The van der Waals surface area contributed by atoms with Crippen LogP contribution < -0.4 is 5.73 Å². The summed E-state index contributed by atoms with van der Waals surface area (Å²) in [5, 5.41) is 2.76. The summed E-state index contributed by atoms with van der Waals surface area (Å²) in [6, 6.07) is -0.0288. The average molecular weight is 295 g/mol. The van der Waals surface area contributed by atoms with Crippen molar-refractivity contribution in [1.29, 1.82) is 0 Å². The summed E-state index contributed by atoms with van der Waals surface area (Å²) in [4.78, 5) is 18.9. The molecule has 1 aliphatic rings. The second-order valence-electron chi connectivity index (χ2n) is 5.53. The zero-order valence-electron chi connectivity index (χ0n) is 12.3. The molecule has 1 saturated heterocycles. The highest BCUT2D eigenvalue weighted by molar-refractivity contribution is 7.09. The van der Waals surface area contributed by atoms with Crippen molar-refractivity contribution in [1.82, 2.24) is 9.88 Å². The Labute approximate surface area is 125 Å². The van der Waals surface area contributed by atoms with Gasteiger partial charge in [0.1, 0.15) is 10.7 Å². The van der Waals surface area contributed by atoms with Gasteiger partial charge in [-0.2, -0.15) is 0 Å². The fourth-order valence-electron chi connectivity index (χ4n) is 2.60. The van der Waals surface area contributed by atoms with Gasteiger partial charge in [-0.25, -0.2) is 4.98 Å². The smallest absolute Gasteiger partial charge is 0.273 e. The summed E-state index contributed by atoms with van der Waals surface area (Å²) in [6.07, 6.45) is 7.94. The Morgan fingerprint density at radius 3 is 2.65 bits per heavy atom. The number of rotatable bonds is 4. The molecule has 0 saturated carbocycles. The minimum Gasteiger partial charge on any atom is -0.337 e. The normalized spacial score (nSPS) is 18.4. The Hall–Kier alpha value is -0.940. The van der Waals surface area contributed by atoms with E-state index in [1.165, 1.54) is 30.6 Å². The van der Waals surface area contributed by atoms with E-state index in [0.29, 0.717) is 5.69 Å². The van der Waals surface area contributed by atoms with Crippen molar-refractivity contribution in [2.45, 2.75) is 57.9 Å². The number of carbonyl (C=O) groups excluding carboxylic acids is 1. The minimum absolute atomic E-state index is 0.0288. The molecule has 1 fully saturated rings. The van der Waals surface area contributed by atoms with E-state index in [1.54, 1.807) is 0 Å². The largest absolute Gasteiger partial charge is 0.337 e. The second-order valence-corrected chi connectivity index (χ2v) is 6.42. The zero-order valence-corrected chi connectivity index (χ0v) is 13.1. The fraction of sp³-hybridized carbons (Fsp3) is 0.733. The first kappa shape index (κ1) is 15.4. The molecule has 20 heavy (non-hydrogen) atoms. The number of hydrogen-bond acceptors (Lipinski definition) is 4. The third-order valence-corrected chi connectivity index (χ3v) is 4.78. The van der Waals surface area contributed by atoms with E-state index in [-0.39, 0.29) is 11.9 Å². The van der Waals surface area contributed by atoms with Gasteiger partial charge < -0.3 is 10.6 Å². The van der Waals surface area contributed by atoms with Gasteiger partial charge in [-0.05, 0) is 19.3 Å². The molecule has 5 heteroatoms. The van der Waals surface area contributed by atoms with Crippen LogP contribution in [0.5, 0.6) is 0 Å². The Balaban J connectivity index is 2.00. The molecular weight excluding hydrogens is 270 g/mol. The SMILES string of the molecule is CCCC(N)c1nc(C(=O)N2CCCCCCC2)cs1. The molecule has 112 valence electrons. The maximum absolute atomic E-state index is 12.5. The third-order valence-electron chi connectivity index (χ3n) is 3.80. The molecule has 1 atom stereocenters. The van der Waals surface area contributed by atoms with Crippen molar-refractivity contribution in [3.8, 4) is 0 Å². The molecule has 1 aromatic heterocycles. The van der Waals surface area contributed by atoms with Gasteiger partial charge in [0.2, 0.25) is 0 Å². The molecule has 2 N–H and O–H groups in total. The van der Waals surface area contributed by atoms with Gasteiger partial charge in [0.05, 0.1) is 6.04 Å². The zero-order chi connectivity index (χ0) is 14.4. The predicted octanol–water partition coefficient (Wildman–Crippen LogP) is 3.35. The van der Waals surface area contributed by atoms with Crippen LogP contribution in [0.1, 0.15) is 73.4 Å². The lowest BCUT2D eigenvalue weighted by atomic mass is 10.1. The molecule has 1 aromatic rings. The highest BCUT2D eigenvalue weighted by Crippen LogP contribution is 2.21. The Kier molecular flexibility index (Phi) is 5.98. The summed E-state index contributed by atoms with van der Waals surface area (Å²) < 4.78 is 0. The number of aromatic nitrogens is 1. The summed E-state index contributed by atoms with van der Waals surface area (Å²) in [5.74, 6) is 0.0816. The predicted molar refractivity (Wildman–Crippen MR) is 82.9 cm³/mol. The standard InChI is InChI=1S/C15H25N3OS/c1-2-8-12(16)14-17-13(11-20-14)15(19)18-9-6-4-3-5-7-10-18/h11-12H,2-10,16H2,1H3. The molecule has 1 unspecified atom stereocenters. The van der Waals surface area contributed by atoms with Crippen molar-refractivity contribution < 1.29 is 4.79 Å².